The van der Waals surface area contributed by atoms with Gasteiger partial charge in [0.1, 0.15) is 11.6 Å². The minimum Gasteiger partial charge on any atom is -0.497 e. The quantitative estimate of drug-likeness (QED) is 0.671. The van der Waals surface area contributed by atoms with Crippen molar-refractivity contribution in [2.24, 2.45) is 0 Å². The third-order valence-corrected chi connectivity index (χ3v) is 5.31. The summed E-state index contributed by atoms with van der Waals surface area (Å²) in [6.07, 6.45) is 3.70. The molecule has 152 valence electrons. The van der Waals surface area contributed by atoms with E-state index in [0.29, 0.717) is 5.56 Å². The summed E-state index contributed by atoms with van der Waals surface area (Å²) in [4.78, 5) is 15.0. The zero-order valence-electron chi connectivity index (χ0n) is 16.8. The molecule has 4 rings (SSSR count). The van der Waals surface area contributed by atoms with Crippen LogP contribution in [0, 0.1) is 6.92 Å². The number of aromatic amines is 1. The molecule has 0 atom stereocenters. The number of piperidine rings is 1. The molecule has 0 aliphatic carbocycles. The van der Waals surface area contributed by atoms with Gasteiger partial charge in [0.05, 0.1) is 25.0 Å². The number of carbonyl (C=O) groups is 1. The summed E-state index contributed by atoms with van der Waals surface area (Å²) in [5.74, 6) is 1.30. The van der Waals surface area contributed by atoms with Crippen LogP contribution in [0.3, 0.4) is 0 Å². The van der Waals surface area contributed by atoms with Crippen molar-refractivity contribution in [2.75, 3.05) is 25.5 Å². The Morgan fingerprint density at radius 3 is 2.66 bits per heavy atom. The molecule has 0 unspecified atom stereocenters. The van der Waals surface area contributed by atoms with Crippen LogP contribution in [0.2, 0.25) is 0 Å². The number of nitrogens with one attached hydrogen (secondary N) is 2. The fourth-order valence-electron chi connectivity index (χ4n) is 3.74. The fraction of sp³-hybridized carbons (Fsp3) is 0.381. The lowest BCUT2D eigenvalue weighted by Gasteiger charge is -2.32. The second kappa shape index (κ2) is 8.48. The molecule has 29 heavy (non-hydrogen) atoms. The van der Waals surface area contributed by atoms with Crippen LogP contribution >= 0.6 is 0 Å². The van der Waals surface area contributed by atoms with Crippen LogP contribution in [0.15, 0.2) is 42.6 Å². The number of anilines is 1. The molecule has 1 aliphatic heterocycles. The Hall–Kier alpha value is -3.13. The van der Waals surface area contributed by atoms with Crippen molar-refractivity contribution in [3.63, 3.8) is 0 Å². The van der Waals surface area contributed by atoms with Crippen molar-refractivity contribution in [1.82, 2.24) is 24.9 Å². The van der Waals surface area contributed by atoms with Crippen molar-refractivity contribution in [1.29, 1.82) is 0 Å². The molecule has 1 saturated heterocycles. The number of nitrogens with zero attached hydrogens (tertiary/aromatic N) is 4. The van der Waals surface area contributed by atoms with Crippen molar-refractivity contribution < 1.29 is 9.53 Å². The molecule has 3 aromatic rings. The maximum atomic E-state index is 12.6. The van der Waals surface area contributed by atoms with Gasteiger partial charge in [-0.05, 0) is 50.1 Å². The average Bonchev–Trinajstić information content (AvgIpc) is 3.37. The molecule has 3 heterocycles. The van der Waals surface area contributed by atoms with Crippen LogP contribution in [0.25, 0.3) is 0 Å². The Kier molecular flexibility index (Phi) is 5.62. The number of benzene rings is 1. The maximum absolute atomic E-state index is 12.6. The first-order valence-corrected chi connectivity index (χ1v) is 9.84. The number of aryl methyl sites for hydroxylation is 1. The van der Waals surface area contributed by atoms with Crippen molar-refractivity contribution in [3.8, 4) is 5.75 Å². The summed E-state index contributed by atoms with van der Waals surface area (Å²) < 4.78 is 7.09. The smallest absolute Gasteiger partial charge is 0.256 e. The molecule has 1 amide bonds. The third-order valence-electron chi connectivity index (χ3n) is 5.31. The van der Waals surface area contributed by atoms with Gasteiger partial charge in [-0.1, -0.05) is 0 Å². The van der Waals surface area contributed by atoms with Crippen molar-refractivity contribution in [3.05, 3.63) is 59.5 Å². The van der Waals surface area contributed by atoms with Gasteiger partial charge in [-0.2, -0.15) is 10.2 Å². The number of carbonyl (C=O) groups excluding carboxylic acids is 1. The Morgan fingerprint density at radius 2 is 2.00 bits per heavy atom. The zero-order valence-corrected chi connectivity index (χ0v) is 16.8. The van der Waals surface area contributed by atoms with Gasteiger partial charge in [0.2, 0.25) is 0 Å². The highest BCUT2D eigenvalue weighted by molar-refractivity contribution is 6.03. The molecule has 2 aromatic heterocycles. The van der Waals surface area contributed by atoms with E-state index in [4.69, 9.17) is 4.74 Å². The van der Waals surface area contributed by atoms with Gasteiger partial charge < -0.3 is 10.1 Å². The highest BCUT2D eigenvalue weighted by atomic mass is 16.5. The molecular weight excluding hydrogens is 368 g/mol. The van der Waals surface area contributed by atoms with E-state index in [9.17, 15) is 4.79 Å². The standard InChI is InChI=1S/C21H26N6O2/c1-15-13-17(25-24-15)14-26-11-8-18(9-12-26)27-20(7-10-22-27)23-21(28)16-3-5-19(29-2)6-4-16/h3-7,10,13,18H,8-9,11-12,14H2,1-2H3,(H,23,28)(H,24,25). The predicted molar refractivity (Wildman–Crippen MR) is 110 cm³/mol. The molecule has 1 aliphatic rings. The minimum atomic E-state index is -0.152. The number of likely N-dealkylation sites (tertiary alicyclic amines) is 1. The van der Waals surface area contributed by atoms with Gasteiger partial charge in [0.15, 0.2) is 0 Å². The van der Waals surface area contributed by atoms with Gasteiger partial charge in [0, 0.05) is 37.0 Å². The van der Waals surface area contributed by atoms with Crippen LogP contribution in [-0.4, -0.2) is 51.0 Å². The number of rotatable bonds is 6. The fourth-order valence-corrected chi connectivity index (χ4v) is 3.74. The molecule has 0 radical (unpaired) electrons. The first-order valence-electron chi connectivity index (χ1n) is 9.84. The number of aromatic nitrogens is 4. The lowest BCUT2D eigenvalue weighted by molar-refractivity contribution is 0.102. The van der Waals surface area contributed by atoms with Gasteiger partial charge in [-0.3, -0.25) is 14.8 Å². The van der Waals surface area contributed by atoms with Crippen LogP contribution in [0.4, 0.5) is 5.82 Å². The van der Waals surface area contributed by atoms with Crippen LogP contribution in [0.5, 0.6) is 5.75 Å². The van der Waals surface area contributed by atoms with Crippen LogP contribution in [-0.2, 0) is 6.54 Å². The van der Waals surface area contributed by atoms with Crippen molar-refractivity contribution in [2.45, 2.75) is 32.4 Å². The largest absolute Gasteiger partial charge is 0.497 e. The SMILES string of the molecule is COc1ccc(C(=O)Nc2ccnn2C2CCN(Cc3cc(C)[nH]n3)CC2)cc1. The number of hydrogen-bond acceptors (Lipinski definition) is 5. The summed E-state index contributed by atoms with van der Waals surface area (Å²) in [5.41, 5.74) is 2.75. The molecule has 2 N–H and O–H groups in total. The summed E-state index contributed by atoms with van der Waals surface area (Å²) in [6, 6.07) is 11.3. The molecule has 1 aromatic carbocycles. The van der Waals surface area contributed by atoms with E-state index in [1.165, 1.54) is 0 Å². The average molecular weight is 394 g/mol. The number of amides is 1. The molecule has 1 fully saturated rings. The van der Waals surface area contributed by atoms with Crippen LogP contribution in [0.1, 0.15) is 40.6 Å². The highest BCUT2D eigenvalue weighted by Crippen LogP contribution is 2.26. The third kappa shape index (κ3) is 4.48. The van der Waals surface area contributed by atoms with Crippen molar-refractivity contribution >= 4 is 11.7 Å². The number of H-pyrrole nitrogens is 1. The second-order valence-electron chi connectivity index (χ2n) is 7.39. The Morgan fingerprint density at radius 1 is 1.24 bits per heavy atom. The minimum absolute atomic E-state index is 0.152. The van der Waals surface area contributed by atoms with E-state index < -0.39 is 0 Å². The predicted octanol–water partition coefficient (Wildman–Crippen LogP) is 3.01. The van der Waals surface area contributed by atoms with Crippen LogP contribution < -0.4 is 10.1 Å². The van der Waals surface area contributed by atoms with E-state index in [2.05, 4.69) is 31.6 Å². The van der Waals surface area contributed by atoms with E-state index >= 15 is 0 Å². The molecule has 0 bridgehead atoms. The number of methoxy groups -OCH3 is 1. The molecule has 8 heteroatoms. The summed E-state index contributed by atoms with van der Waals surface area (Å²) in [6.45, 7) is 4.82. The normalized spacial score (nSPS) is 15.4. The van der Waals surface area contributed by atoms with E-state index in [1.807, 2.05) is 17.7 Å². The summed E-state index contributed by atoms with van der Waals surface area (Å²) in [7, 11) is 1.61. The Labute approximate surface area is 169 Å². The zero-order chi connectivity index (χ0) is 20.2. The topological polar surface area (TPSA) is 88.1 Å². The lowest BCUT2D eigenvalue weighted by atomic mass is 10.0. The van der Waals surface area contributed by atoms with Gasteiger partial charge >= 0.3 is 0 Å². The molecular formula is C21H26N6O2. The van der Waals surface area contributed by atoms with E-state index in [-0.39, 0.29) is 11.9 Å². The summed E-state index contributed by atoms with van der Waals surface area (Å²) in [5, 5.41) is 14.8. The van der Waals surface area contributed by atoms with Gasteiger partial charge in [-0.15, -0.1) is 0 Å². The highest BCUT2D eigenvalue weighted by Gasteiger charge is 2.23. The molecule has 8 nitrogen and oxygen atoms in total. The van der Waals surface area contributed by atoms with Gasteiger partial charge in [0.25, 0.3) is 5.91 Å². The van der Waals surface area contributed by atoms with Gasteiger partial charge in [-0.25, -0.2) is 4.68 Å². The van der Waals surface area contributed by atoms with E-state index in [1.54, 1.807) is 37.6 Å². The molecule has 0 saturated carbocycles. The second-order valence-corrected chi connectivity index (χ2v) is 7.39. The Balaban J connectivity index is 1.36. The molecule has 0 spiro atoms. The first kappa shape index (κ1) is 19.2. The summed E-state index contributed by atoms with van der Waals surface area (Å²) >= 11 is 0. The lowest BCUT2D eigenvalue weighted by Crippen LogP contribution is -2.35. The number of hydrogen-bond donors (Lipinski definition) is 2. The van der Waals surface area contributed by atoms with E-state index in [0.717, 1.165) is 55.4 Å². The number of ether oxygens (including phenoxy) is 1. The monoisotopic (exact) mass is 394 g/mol. The maximum Gasteiger partial charge on any atom is 0.256 e. The Bertz CT molecular complexity index is 954. The first-order chi connectivity index (χ1) is 14.1.